The number of nitrogens with one attached hydrogen (secondary N) is 1. The minimum Gasteiger partial charge on any atom is -0.478 e. The lowest BCUT2D eigenvalue weighted by atomic mass is 9.76. The van der Waals surface area contributed by atoms with Crippen LogP contribution in [0.15, 0.2) is 24.3 Å². The predicted octanol–water partition coefficient (Wildman–Crippen LogP) is 2.22. The topological polar surface area (TPSA) is 99.1 Å². The second-order valence-electron chi connectivity index (χ2n) is 8.01. The molecule has 0 aliphatic carbocycles. The van der Waals surface area contributed by atoms with Crippen molar-refractivity contribution >= 4 is 17.6 Å². The normalized spacial score (nSPS) is 17.6. The highest BCUT2D eigenvalue weighted by Crippen LogP contribution is 2.41. The zero-order valence-electron chi connectivity index (χ0n) is 17.5. The van der Waals surface area contributed by atoms with Gasteiger partial charge in [-0.25, -0.2) is 9.59 Å². The van der Waals surface area contributed by atoms with Crippen LogP contribution in [0.5, 0.6) is 0 Å². The van der Waals surface area contributed by atoms with Crippen molar-refractivity contribution in [3.05, 3.63) is 41.0 Å². The van der Waals surface area contributed by atoms with Crippen molar-refractivity contribution in [3.63, 3.8) is 0 Å². The molecule has 2 aliphatic heterocycles. The average molecular weight is 405 g/mol. The predicted molar refractivity (Wildman–Crippen MR) is 113 cm³/mol. The lowest BCUT2D eigenvalue weighted by Crippen LogP contribution is -2.39. The van der Waals surface area contributed by atoms with Gasteiger partial charge in [0.15, 0.2) is 0 Å². The third kappa shape index (κ3) is 6.58. The molecule has 0 saturated heterocycles. The number of fused-ring (bicyclic) bond motifs is 2. The van der Waals surface area contributed by atoms with E-state index in [1.54, 1.807) is 18.2 Å². The quantitative estimate of drug-likeness (QED) is 0.647. The monoisotopic (exact) mass is 404 g/mol. The Morgan fingerprint density at radius 3 is 2.28 bits per heavy atom. The Labute approximate surface area is 172 Å². The van der Waals surface area contributed by atoms with Gasteiger partial charge < -0.3 is 25.2 Å². The molecule has 1 aromatic carbocycles. The Balaban J connectivity index is 0.000000321. The Morgan fingerprint density at radius 2 is 1.72 bits per heavy atom. The molecule has 0 atom stereocenters. The van der Waals surface area contributed by atoms with Crippen LogP contribution in [0.25, 0.3) is 0 Å². The molecule has 0 aromatic heterocycles. The summed E-state index contributed by atoms with van der Waals surface area (Å²) in [6.45, 7) is 9.93. The molecule has 1 aromatic rings. The minimum absolute atomic E-state index is 0.285. The number of benzene rings is 1. The van der Waals surface area contributed by atoms with Gasteiger partial charge in [0.05, 0.1) is 6.61 Å². The summed E-state index contributed by atoms with van der Waals surface area (Å²) >= 11 is 0. The van der Waals surface area contributed by atoms with Gasteiger partial charge in [-0.2, -0.15) is 0 Å². The molecule has 160 valence electrons. The molecule has 2 heterocycles. The van der Waals surface area contributed by atoms with Crippen molar-refractivity contribution in [1.29, 1.82) is 0 Å². The summed E-state index contributed by atoms with van der Waals surface area (Å²) in [5.74, 6) is -2.51. The molecule has 0 unspecified atom stereocenters. The third-order valence-corrected chi connectivity index (χ3v) is 5.47. The second kappa shape index (κ2) is 10.4. The molecule has 2 aliphatic rings. The van der Waals surface area contributed by atoms with Gasteiger partial charge in [-0.1, -0.05) is 19.9 Å². The van der Waals surface area contributed by atoms with Gasteiger partial charge in [0.2, 0.25) is 0 Å². The zero-order chi connectivity index (χ0) is 21.4. The first-order valence-corrected chi connectivity index (χ1v) is 9.99. The summed E-state index contributed by atoms with van der Waals surface area (Å²) < 4.78 is 5.29. The van der Waals surface area contributed by atoms with Crippen molar-refractivity contribution in [1.82, 2.24) is 5.32 Å². The maximum absolute atomic E-state index is 9.55. The van der Waals surface area contributed by atoms with Crippen molar-refractivity contribution in [2.45, 2.75) is 38.5 Å². The molecular weight excluding hydrogens is 372 g/mol. The first kappa shape index (κ1) is 22.9. The number of carbonyl (C=O) groups is 2. The number of rotatable bonds is 5. The fraction of sp³-hybridized carbons (Fsp3) is 0.545. The van der Waals surface area contributed by atoms with Crippen molar-refractivity contribution in [2.75, 3.05) is 44.8 Å². The highest BCUT2D eigenvalue weighted by molar-refractivity contribution is 5.89. The Bertz CT molecular complexity index is 742. The molecule has 0 spiro atoms. The van der Waals surface area contributed by atoms with Crippen LogP contribution in [0, 0.1) is 0 Å². The van der Waals surface area contributed by atoms with Gasteiger partial charge in [-0.3, -0.25) is 0 Å². The molecule has 0 saturated carbocycles. The molecule has 3 rings (SSSR count). The summed E-state index contributed by atoms with van der Waals surface area (Å²) in [5, 5.41) is 19.1. The maximum Gasteiger partial charge on any atom is 0.328 e. The molecule has 0 radical (unpaired) electrons. The van der Waals surface area contributed by atoms with Crippen LogP contribution in [-0.4, -0.2) is 62.0 Å². The number of ether oxygens (including phenoxy) is 1. The Kier molecular flexibility index (Phi) is 8.22. The molecule has 29 heavy (non-hydrogen) atoms. The summed E-state index contributed by atoms with van der Waals surface area (Å²) in [6.07, 6.45) is 4.66. The number of carboxylic acids is 2. The van der Waals surface area contributed by atoms with E-state index in [-0.39, 0.29) is 5.41 Å². The standard InChI is InChI=1S/C18H28N2O.C4H4O4/c1-18(2)6-9-20(10-11-21-3)17-13-15-5-8-19-7-4-14(15)12-16(17)18;5-3(6)1-2-4(7)8/h12-13,19H,4-11H2,1-3H3;1-2H,(H,5,6)(H,7,8)/b;2-1+. The van der Waals surface area contributed by atoms with Crippen LogP contribution in [-0.2, 0) is 32.6 Å². The molecule has 0 fully saturated rings. The van der Waals surface area contributed by atoms with Crippen molar-refractivity contribution in [3.8, 4) is 0 Å². The van der Waals surface area contributed by atoms with E-state index in [0.717, 1.165) is 45.6 Å². The zero-order valence-corrected chi connectivity index (χ0v) is 17.5. The van der Waals surface area contributed by atoms with Crippen LogP contribution in [0.1, 0.15) is 37.0 Å². The SMILES string of the molecule is COCCN1CCC(C)(C)c2cc3c(cc21)CCNCC3.O=C(O)/C=C/C(=O)O. The van der Waals surface area contributed by atoms with Crippen LogP contribution in [0.3, 0.4) is 0 Å². The van der Waals surface area contributed by atoms with Crippen LogP contribution < -0.4 is 10.2 Å². The second-order valence-corrected chi connectivity index (χ2v) is 8.01. The van der Waals surface area contributed by atoms with E-state index in [1.165, 1.54) is 17.7 Å². The average Bonchev–Trinajstić information content (AvgIpc) is 2.90. The van der Waals surface area contributed by atoms with Gasteiger partial charge in [-0.05, 0) is 60.5 Å². The van der Waals surface area contributed by atoms with Crippen molar-refractivity contribution in [2.24, 2.45) is 0 Å². The lowest BCUT2D eigenvalue weighted by molar-refractivity contribution is -0.134. The molecular formula is C22H32N2O5. The van der Waals surface area contributed by atoms with E-state index in [0.29, 0.717) is 12.2 Å². The Hall–Kier alpha value is -2.38. The number of hydrogen-bond donors (Lipinski definition) is 3. The van der Waals surface area contributed by atoms with E-state index in [2.05, 4.69) is 36.2 Å². The number of hydrogen-bond acceptors (Lipinski definition) is 5. The number of anilines is 1. The molecule has 0 amide bonds. The smallest absolute Gasteiger partial charge is 0.328 e. The van der Waals surface area contributed by atoms with E-state index >= 15 is 0 Å². The van der Waals surface area contributed by atoms with Gasteiger partial charge in [0.25, 0.3) is 0 Å². The van der Waals surface area contributed by atoms with Gasteiger partial charge in [0.1, 0.15) is 0 Å². The molecule has 7 heteroatoms. The fourth-order valence-electron chi connectivity index (χ4n) is 3.76. The van der Waals surface area contributed by atoms with Crippen molar-refractivity contribution < 1.29 is 24.5 Å². The van der Waals surface area contributed by atoms with E-state index in [4.69, 9.17) is 14.9 Å². The van der Waals surface area contributed by atoms with Gasteiger partial charge in [0, 0.05) is 38.0 Å². The van der Waals surface area contributed by atoms with E-state index < -0.39 is 11.9 Å². The summed E-state index contributed by atoms with van der Waals surface area (Å²) in [5.41, 5.74) is 6.36. The first-order valence-electron chi connectivity index (χ1n) is 9.99. The van der Waals surface area contributed by atoms with E-state index in [9.17, 15) is 9.59 Å². The number of carboxylic acid groups (broad SMARTS) is 2. The number of aliphatic carboxylic acids is 2. The maximum atomic E-state index is 9.55. The highest BCUT2D eigenvalue weighted by atomic mass is 16.5. The molecule has 0 bridgehead atoms. The molecule has 3 N–H and O–H groups in total. The lowest BCUT2D eigenvalue weighted by Gasteiger charge is -2.41. The number of methoxy groups -OCH3 is 1. The number of nitrogens with zero attached hydrogens (tertiary/aromatic N) is 1. The van der Waals surface area contributed by atoms with Crippen LogP contribution in [0.2, 0.25) is 0 Å². The van der Waals surface area contributed by atoms with E-state index in [1.807, 2.05) is 0 Å². The van der Waals surface area contributed by atoms with Crippen LogP contribution in [0.4, 0.5) is 5.69 Å². The third-order valence-electron chi connectivity index (χ3n) is 5.47. The first-order chi connectivity index (χ1) is 13.7. The Morgan fingerprint density at radius 1 is 1.14 bits per heavy atom. The summed E-state index contributed by atoms with van der Waals surface area (Å²) in [6, 6.07) is 4.96. The minimum atomic E-state index is -1.26. The van der Waals surface area contributed by atoms with Crippen LogP contribution >= 0.6 is 0 Å². The largest absolute Gasteiger partial charge is 0.478 e. The van der Waals surface area contributed by atoms with Gasteiger partial charge >= 0.3 is 11.9 Å². The highest BCUT2D eigenvalue weighted by Gasteiger charge is 2.32. The molecule has 7 nitrogen and oxygen atoms in total. The fourth-order valence-corrected chi connectivity index (χ4v) is 3.76. The van der Waals surface area contributed by atoms with Gasteiger partial charge in [-0.15, -0.1) is 0 Å². The summed E-state index contributed by atoms with van der Waals surface area (Å²) in [4.78, 5) is 21.6. The summed E-state index contributed by atoms with van der Waals surface area (Å²) in [7, 11) is 1.79.